The SMILES string of the molecule is CCOC(=O)N1CCC(NC(N)=NCc2ccnc(OCc3ccccc3)c2)CC1. The fourth-order valence-electron chi connectivity index (χ4n) is 3.21. The highest BCUT2D eigenvalue weighted by Crippen LogP contribution is 2.13. The summed E-state index contributed by atoms with van der Waals surface area (Å²) in [6.45, 7) is 4.40. The van der Waals surface area contributed by atoms with Crippen LogP contribution in [0.2, 0.25) is 0 Å². The number of aromatic nitrogens is 1. The first kappa shape index (κ1) is 21.4. The highest BCUT2D eigenvalue weighted by Gasteiger charge is 2.23. The third-order valence-electron chi connectivity index (χ3n) is 4.83. The molecule has 1 amide bonds. The first-order chi connectivity index (χ1) is 14.6. The number of guanidine groups is 1. The van der Waals surface area contributed by atoms with Crippen LogP contribution in [0.15, 0.2) is 53.7 Å². The van der Waals surface area contributed by atoms with Gasteiger partial charge < -0.3 is 25.4 Å². The van der Waals surface area contributed by atoms with E-state index in [0.29, 0.717) is 44.7 Å². The van der Waals surface area contributed by atoms with Crippen molar-refractivity contribution in [1.29, 1.82) is 0 Å². The number of pyridine rings is 1. The molecule has 0 bridgehead atoms. The van der Waals surface area contributed by atoms with Crippen LogP contribution in [0.5, 0.6) is 5.88 Å². The van der Waals surface area contributed by atoms with E-state index in [1.807, 2.05) is 49.4 Å². The average molecular weight is 412 g/mol. The summed E-state index contributed by atoms with van der Waals surface area (Å²) in [6, 6.07) is 13.9. The van der Waals surface area contributed by atoms with Crippen LogP contribution in [0.1, 0.15) is 30.9 Å². The van der Waals surface area contributed by atoms with E-state index in [9.17, 15) is 4.79 Å². The van der Waals surface area contributed by atoms with Crippen LogP contribution in [-0.4, -0.2) is 47.7 Å². The Morgan fingerprint density at radius 2 is 2.00 bits per heavy atom. The predicted octanol–water partition coefficient (Wildman–Crippen LogP) is 2.69. The summed E-state index contributed by atoms with van der Waals surface area (Å²) in [6.07, 6.45) is 3.07. The first-order valence-electron chi connectivity index (χ1n) is 10.2. The summed E-state index contributed by atoms with van der Waals surface area (Å²) in [7, 11) is 0. The lowest BCUT2D eigenvalue weighted by Crippen LogP contribution is -2.48. The second-order valence-electron chi connectivity index (χ2n) is 7.08. The number of nitrogens with zero attached hydrogens (tertiary/aromatic N) is 3. The van der Waals surface area contributed by atoms with Crippen LogP contribution in [0.3, 0.4) is 0 Å². The second-order valence-corrected chi connectivity index (χ2v) is 7.08. The topological polar surface area (TPSA) is 102 Å². The number of piperidine rings is 1. The van der Waals surface area contributed by atoms with Gasteiger partial charge in [0.05, 0.1) is 13.2 Å². The van der Waals surface area contributed by atoms with Crippen molar-refractivity contribution in [1.82, 2.24) is 15.2 Å². The Morgan fingerprint density at radius 3 is 2.73 bits per heavy atom. The van der Waals surface area contributed by atoms with Crippen LogP contribution in [0.25, 0.3) is 0 Å². The molecule has 1 aliphatic rings. The number of nitrogens with one attached hydrogen (secondary N) is 1. The van der Waals surface area contributed by atoms with Gasteiger partial charge in [-0.15, -0.1) is 0 Å². The normalized spacial score (nSPS) is 15.0. The maximum absolute atomic E-state index is 11.8. The van der Waals surface area contributed by atoms with E-state index in [2.05, 4.69) is 15.3 Å². The Hall–Kier alpha value is -3.29. The van der Waals surface area contributed by atoms with Gasteiger partial charge in [0.25, 0.3) is 0 Å². The Balaban J connectivity index is 1.44. The number of rotatable bonds is 7. The molecule has 1 aliphatic heterocycles. The fourth-order valence-corrected chi connectivity index (χ4v) is 3.21. The molecule has 160 valence electrons. The van der Waals surface area contributed by atoms with Gasteiger partial charge in [0, 0.05) is 31.4 Å². The molecule has 1 aromatic heterocycles. The zero-order valence-corrected chi connectivity index (χ0v) is 17.3. The average Bonchev–Trinajstić information content (AvgIpc) is 2.78. The van der Waals surface area contributed by atoms with Crippen molar-refractivity contribution in [2.45, 2.75) is 39.0 Å². The molecule has 30 heavy (non-hydrogen) atoms. The smallest absolute Gasteiger partial charge is 0.409 e. The maximum Gasteiger partial charge on any atom is 0.409 e. The van der Waals surface area contributed by atoms with Gasteiger partial charge in [-0.05, 0) is 37.0 Å². The number of aliphatic imine (C=N–C) groups is 1. The number of hydrogen-bond acceptors (Lipinski definition) is 5. The van der Waals surface area contributed by atoms with Crippen molar-refractivity contribution in [2.24, 2.45) is 10.7 Å². The highest BCUT2D eigenvalue weighted by atomic mass is 16.6. The van der Waals surface area contributed by atoms with Crippen LogP contribution in [0.4, 0.5) is 4.79 Å². The standard InChI is InChI=1S/C22H29N5O3/c1-2-29-22(28)27-12-9-19(10-13-27)26-21(23)25-15-18-8-11-24-20(14-18)30-16-17-6-4-3-5-7-17/h3-8,11,14,19H,2,9-10,12-13,15-16H2,1H3,(H3,23,25,26). The Bertz CT molecular complexity index is 836. The van der Waals surface area contributed by atoms with Gasteiger partial charge in [0.2, 0.25) is 5.88 Å². The van der Waals surface area contributed by atoms with Gasteiger partial charge in [-0.25, -0.2) is 14.8 Å². The number of likely N-dealkylation sites (tertiary alicyclic amines) is 1. The van der Waals surface area contributed by atoms with Gasteiger partial charge in [-0.2, -0.15) is 0 Å². The quantitative estimate of drug-likeness (QED) is 0.536. The summed E-state index contributed by atoms with van der Waals surface area (Å²) in [5, 5.41) is 3.24. The minimum atomic E-state index is -0.249. The Kier molecular flexibility index (Phi) is 7.88. The molecule has 0 radical (unpaired) electrons. The third kappa shape index (κ3) is 6.65. The molecule has 0 spiro atoms. The molecule has 0 atom stereocenters. The molecule has 3 N–H and O–H groups in total. The van der Waals surface area contributed by atoms with E-state index in [-0.39, 0.29) is 12.1 Å². The van der Waals surface area contributed by atoms with Crippen molar-refractivity contribution in [2.75, 3.05) is 19.7 Å². The molecule has 2 aromatic rings. The molecule has 3 rings (SSSR count). The number of ether oxygens (including phenoxy) is 2. The predicted molar refractivity (Wildman–Crippen MR) is 115 cm³/mol. The van der Waals surface area contributed by atoms with Crippen molar-refractivity contribution in [3.05, 3.63) is 59.8 Å². The molecule has 1 saturated heterocycles. The van der Waals surface area contributed by atoms with Crippen LogP contribution < -0.4 is 15.8 Å². The summed E-state index contributed by atoms with van der Waals surface area (Å²) >= 11 is 0. The lowest BCUT2D eigenvalue weighted by Gasteiger charge is -2.31. The molecule has 1 fully saturated rings. The number of carbonyl (C=O) groups excluding carboxylic acids is 1. The molecular weight excluding hydrogens is 382 g/mol. The zero-order chi connectivity index (χ0) is 21.2. The molecule has 0 saturated carbocycles. The Morgan fingerprint density at radius 1 is 1.23 bits per heavy atom. The summed E-state index contributed by atoms with van der Waals surface area (Å²) in [4.78, 5) is 22.2. The summed E-state index contributed by atoms with van der Waals surface area (Å²) < 4.78 is 10.8. The second kappa shape index (κ2) is 11.0. The highest BCUT2D eigenvalue weighted by molar-refractivity contribution is 5.78. The third-order valence-corrected chi connectivity index (χ3v) is 4.83. The van der Waals surface area contributed by atoms with Crippen molar-refractivity contribution in [3.8, 4) is 5.88 Å². The monoisotopic (exact) mass is 411 g/mol. The van der Waals surface area contributed by atoms with Crippen molar-refractivity contribution < 1.29 is 14.3 Å². The number of amides is 1. The van der Waals surface area contributed by atoms with Crippen LogP contribution in [0, 0.1) is 0 Å². The van der Waals surface area contributed by atoms with Gasteiger partial charge in [0.1, 0.15) is 6.61 Å². The van der Waals surface area contributed by atoms with Gasteiger partial charge in [0.15, 0.2) is 5.96 Å². The van der Waals surface area contributed by atoms with Crippen LogP contribution >= 0.6 is 0 Å². The van der Waals surface area contributed by atoms with E-state index in [1.165, 1.54) is 0 Å². The van der Waals surface area contributed by atoms with E-state index in [0.717, 1.165) is 24.0 Å². The number of carbonyl (C=O) groups is 1. The van der Waals surface area contributed by atoms with Gasteiger partial charge in [-0.3, -0.25) is 0 Å². The molecule has 8 heteroatoms. The summed E-state index contributed by atoms with van der Waals surface area (Å²) in [5.41, 5.74) is 8.11. The van der Waals surface area contributed by atoms with E-state index in [1.54, 1.807) is 11.1 Å². The lowest BCUT2D eigenvalue weighted by atomic mass is 10.1. The van der Waals surface area contributed by atoms with E-state index >= 15 is 0 Å². The molecule has 0 aliphatic carbocycles. The first-order valence-corrected chi connectivity index (χ1v) is 10.2. The molecule has 0 unspecified atom stereocenters. The molecule has 2 heterocycles. The maximum atomic E-state index is 11.8. The largest absolute Gasteiger partial charge is 0.473 e. The van der Waals surface area contributed by atoms with Gasteiger partial charge in [-0.1, -0.05) is 30.3 Å². The number of benzene rings is 1. The minimum absolute atomic E-state index is 0.196. The Labute approximate surface area is 177 Å². The fraction of sp³-hybridized carbons (Fsp3) is 0.409. The van der Waals surface area contributed by atoms with Crippen LogP contribution in [-0.2, 0) is 17.9 Å². The van der Waals surface area contributed by atoms with Crippen molar-refractivity contribution >= 4 is 12.1 Å². The zero-order valence-electron chi connectivity index (χ0n) is 17.3. The van der Waals surface area contributed by atoms with Crippen molar-refractivity contribution in [3.63, 3.8) is 0 Å². The minimum Gasteiger partial charge on any atom is -0.473 e. The molecule has 1 aromatic carbocycles. The molecular formula is C22H29N5O3. The number of hydrogen-bond donors (Lipinski definition) is 2. The number of nitrogens with two attached hydrogens (primary N) is 1. The van der Waals surface area contributed by atoms with E-state index in [4.69, 9.17) is 15.2 Å². The van der Waals surface area contributed by atoms with Gasteiger partial charge >= 0.3 is 6.09 Å². The molecule has 8 nitrogen and oxygen atoms in total. The lowest BCUT2D eigenvalue weighted by molar-refractivity contribution is 0.0963. The van der Waals surface area contributed by atoms with E-state index < -0.39 is 0 Å². The summed E-state index contributed by atoms with van der Waals surface area (Å²) in [5.74, 6) is 0.956.